The number of hydrogen-bond acceptors (Lipinski definition) is 4. The Morgan fingerprint density at radius 1 is 1.16 bits per heavy atom. The summed E-state index contributed by atoms with van der Waals surface area (Å²) in [6.07, 6.45) is 2.39. The van der Waals surface area contributed by atoms with Crippen LogP contribution in [0, 0.1) is 0 Å². The van der Waals surface area contributed by atoms with Crippen LogP contribution in [0.5, 0.6) is 0 Å². The van der Waals surface area contributed by atoms with Gasteiger partial charge in [0, 0.05) is 35.9 Å². The van der Waals surface area contributed by atoms with Crippen molar-refractivity contribution < 1.29 is 9.59 Å². The smallest absolute Gasteiger partial charge is 0.251 e. The molecule has 0 saturated heterocycles. The number of benzene rings is 1. The summed E-state index contributed by atoms with van der Waals surface area (Å²) >= 11 is 0. The number of nitrogens with one attached hydrogen (secondary N) is 2. The number of nitrogens with two attached hydrogens (primary N) is 2. The van der Waals surface area contributed by atoms with Crippen molar-refractivity contribution in [1.82, 2.24) is 10.6 Å². The molecule has 0 spiro atoms. The van der Waals surface area contributed by atoms with Crippen molar-refractivity contribution in [2.45, 2.75) is 25.3 Å². The summed E-state index contributed by atoms with van der Waals surface area (Å²) < 4.78 is 0. The zero-order valence-electron chi connectivity index (χ0n) is 10.6. The quantitative estimate of drug-likeness (QED) is 0.570. The van der Waals surface area contributed by atoms with Gasteiger partial charge in [0.15, 0.2) is 0 Å². The van der Waals surface area contributed by atoms with Crippen LogP contribution in [0.3, 0.4) is 0 Å². The van der Waals surface area contributed by atoms with E-state index in [9.17, 15) is 9.59 Å². The van der Waals surface area contributed by atoms with Gasteiger partial charge in [-0.1, -0.05) is 0 Å². The predicted octanol–water partition coefficient (Wildman–Crippen LogP) is 0.249. The largest absolute Gasteiger partial charge is 0.399 e. The van der Waals surface area contributed by atoms with Crippen LogP contribution in [0.25, 0.3) is 0 Å². The summed E-state index contributed by atoms with van der Waals surface area (Å²) in [7, 11) is 0. The van der Waals surface area contributed by atoms with E-state index in [4.69, 9.17) is 11.5 Å². The molecule has 1 aliphatic carbocycles. The molecular formula is C13H18N4O2. The first-order valence-corrected chi connectivity index (χ1v) is 6.28. The van der Waals surface area contributed by atoms with Gasteiger partial charge < -0.3 is 22.1 Å². The van der Waals surface area contributed by atoms with E-state index >= 15 is 0 Å². The van der Waals surface area contributed by atoms with E-state index < -0.39 is 0 Å². The van der Waals surface area contributed by atoms with E-state index in [0.717, 1.165) is 12.8 Å². The van der Waals surface area contributed by atoms with Crippen LogP contribution in [0.1, 0.15) is 29.6 Å². The van der Waals surface area contributed by atoms with Crippen molar-refractivity contribution in [3.8, 4) is 0 Å². The highest BCUT2D eigenvalue weighted by atomic mass is 16.2. The lowest BCUT2D eigenvalue weighted by molar-refractivity contribution is -0.121. The van der Waals surface area contributed by atoms with E-state index in [1.807, 2.05) is 0 Å². The molecule has 0 aliphatic heterocycles. The molecule has 6 nitrogen and oxygen atoms in total. The summed E-state index contributed by atoms with van der Waals surface area (Å²) in [5, 5.41) is 5.52. The summed E-state index contributed by atoms with van der Waals surface area (Å²) in [5.41, 5.74) is 12.5. The summed E-state index contributed by atoms with van der Waals surface area (Å²) in [4.78, 5) is 23.2. The molecule has 0 radical (unpaired) electrons. The lowest BCUT2D eigenvalue weighted by atomic mass is 10.1. The Kier molecular flexibility index (Phi) is 3.89. The van der Waals surface area contributed by atoms with Crippen LogP contribution in [0.4, 0.5) is 11.4 Å². The van der Waals surface area contributed by atoms with E-state index in [-0.39, 0.29) is 18.2 Å². The van der Waals surface area contributed by atoms with Gasteiger partial charge in [0.25, 0.3) is 5.91 Å². The average molecular weight is 262 g/mol. The van der Waals surface area contributed by atoms with Crippen molar-refractivity contribution in [2.75, 3.05) is 18.0 Å². The van der Waals surface area contributed by atoms with Gasteiger partial charge in [-0.05, 0) is 31.0 Å². The molecule has 0 aromatic heterocycles. The Hall–Kier alpha value is -2.24. The van der Waals surface area contributed by atoms with Crippen molar-refractivity contribution in [2.24, 2.45) is 0 Å². The van der Waals surface area contributed by atoms with Gasteiger partial charge in [-0.3, -0.25) is 9.59 Å². The number of amides is 2. The number of rotatable bonds is 5. The molecule has 6 heteroatoms. The van der Waals surface area contributed by atoms with E-state index in [1.54, 1.807) is 18.2 Å². The normalized spacial score (nSPS) is 13.9. The fourth-order valence-electron chi connectivity index (χ4n) is 1.73. The van der Waals surface area contributed by atoms with E-state index in [2.05, 4.69) is 10.6 Å². The number of anilines is 2. The number of nitrogen functional groups attached to an aromatic ring is 2. The second-order valence-electron chi connectivity index (χ2n) is 4.74. The maximum atomic E-state index is 11.8. The maximum Gasteiger partial charge on any atom is 0.251 e. The Morgan fingerprint density at radius 3 is 2.37 bits per heavy atom. The molecule has 1 aromatic rings. The molecule has 1 aliphatic rings. The van der Waals surface area contributed by atoms with Gasteiger partial charge in [0.2, 0.25) is 5.91 Å². The first-order valence-electron chi connectivity index (χ1n) is 6.28. The first kappa shape index (κ1) is 13.2. The van der Waals surface area contributed by atoms with Gasteiger partial charge in [-0.25, -0.2) is 0 Å². The minimum atomic E-state index is -0.279. The first-order chi connectivity index (χ1) is 9.04. The average Bonchev–Trinajstić information content (AvgIpc) is 3.11. The number of hydrogen-bond donors (Lipinski definition) is 4. The van der Waals surface area contributed by atoms with Crippen LogP contribution in [0.2, 0.25) is 0 Å². The second-order valence-corrected chi connectivity index (χ2v) is 4.74. The van der Waals surface area contributed by atoms with Gasteiger partial charge in [0.05, 0.1) is 0 Å². The molecule has 1 saturated carbocycles. The van der Waals surface area contributed by atoms with Crippen LogP contribution in [0.15, 0.2) is 18.2 Å². The number of carbonyl (C=O) groups excluding carboxylic acids is 2. The third-order valence-electron chi connectivity index (χ3n) is 2.82. The zero-order chi connectivity index (χ0) is 13.8. The van der Waals surface area contributed by atoms with Crippen molar-refractivity contribution >= 4 is 23.2 Å². The summed E-state index contributed by atoms with van der Waals surface area (Å²) in [5.74, 6) is -0.312. The fraction of sp³-hybridized carbons (Fsp3) is 0.385. The highest BCUT2D eigenvalue weighted by Gasteiger charge is 2.22. The van der Waals surface area contributed by atoms with Gasteiger partial charge in [0.1, 0.15) is 0 Å². The predicted molar refractivity (Wildman–Crippen MR) is 73.4 cm³/mol. The van der Waals surface area contributed by atoms with E-state index in [0.29, 0.717) is 29.5 Å². The molecule has 2 rings (SSSR count). The van der Waals surface area contributed by atoms with Crippen molar-refractivity contribution in [1.29, 1.82) is 0 Å². The highest BCUT2D eigenvalue weighted by Crippen LogP contribution is 2.18. The molecule has 102 valence electrons. The summed E-state index contributed by atoms with van der Waals surface area (Å²) in [6, 6.07) is 5.03. The molecule has 1 aromatic carbocycles. The molecule has 0 unspecified atom stereocenters. The Morgan fingerprint density at radius 2 is 1.79 bits per heavy atom. The van der Waals surface area contributed by atoms with Gasteiger partial charge >= 0.3 is 0 Å². The molecule has 0 bridgehead atoms. The van der Waals surface area contributed by atoms with Crippen LogP contribution >= 0.6 is 0 Å². The molecule has 6 N–H and O–H groups in total. The van der Waals surface area contributed by atoms with Crippen molar-refractivity contribution in [3.63, 3.8) is 0 Å². The monoisotopic (exact) mass is 262 g/mol. The lowest BCUT2D eigenvalue weighted by Crippen LogP contribution is -2.31. The SMILES string of the molecule is Nc1cc(N)cc(C(=O)NCCC(=O)NC2CC2)c1. The molecular weight excluding hydrogens is 244 g/mol. The summed E-state index contributed by atoms with van der Waals surface area (Å²) in [6.45, 7) is 0.298. The fourth-order valence-corrected chi connectivity index (χ4v) is 1.73. The minimum Gasteiger partial charge on any atom is -0.399 e. The second kappa shape index (κ2) is 5.60. The molecule has 19 heavy (non-hydrogen) atoms. The molecule has 0 heterocycles. The van der Waals surface area contributed by atoms with Crippen LogP contribution < -0.4 is 22.1 Å². The standard InChI is InChI=1S/C13H18N4O2/c14-9-5-8(6-10(15)7-9)13(19)16-4-3-12(18)17-11-1-2-11/h5-7,11H,1-4,14-15H2,(H,16,19)(H,17,18). The Labute approximate surface area is 111 Å². The van der Waals surface area contributed by atoms with Gasteiger partial charge in [-0.15, -0.1) is 0 Å². The van der Waals surface area contributed by atoms with Crippen LogP contribution in [-0.2, 0) is 4.79 Å². The third-order valence-corrected chi connectivity index (χ3v) is 2.82. The molecule has 2 amide bonds. The van der Waals surface area contributed by atoms with E-state index in [1.165, 1.54) is 0 Å². The molecule has 1 fully saturated rings. The Bertz CT molecular complexity index is 477. The lowest BCUT2D eigenvalue weighted by Gasteiger charge is -2.07. The maximum absolute atomic E-state index is 11.8. The Balaban J connectivity index is 1.78. The third kappa shape index (κ3) is 4.17. The zero-order valence-corrected chi connectivity index (χ0v) is 10.6. The highest BCUT2D eigenvalue weighted by molar-refractivity contribution is 5.96. The molecule has 0 atom stereocenters. The van der Waals surface area contributed by atoms with Gasteiger partial charge in [-0.2, -0.15) is 0 Å². The number of carbonyl (C=O) groups is 2. The minimum absolute atomic E-state index is 0.0325. The van der Waals surface area contributed by atoms with Crippen molar-refractivity contribution in [3.05, 3.63) is 23.8 Å². The van der Waals surface area contributed by atoms with Crippen LogP contribution in [-0.4, -0.2) is 24.4 Å². The topological polar surface area (TPSA) is 110 Å².